The molecule has 6 heteroatoms. The molecule has 0 amide bonds. The topological polar surface area (TPSA) is 73.3 Å². The molecule has 1 heterocycles. The number of anilines is 1. The van der Waals surface area contributed by atoms with Crippen molar-refractivity contribution in [1.29, 1.82) is 0 Å². The van der Waals surface area contributed by atoms with Gasteiger partial charge in [-0.15, -0.1) is 0 Å². The summed E-state index contributed by atoms with van der Waals surface area (Å²) in [6, 6.07) is 3.29. The molecular formula is C11H12BrN3O2. The number of benzene rings is 1. The van der Waals surface area contributed by atoms with Crippen LogP contribution in [0.3, 0.4) is 0 Å². The lowest BCUT2D eigenvalue weighted by Gasteiger charge is -2.08. The number of methoxy groups -OCH3 is 1. The summed E-state index contributed by atoms with van der Waals surface area (Å²) in [6.45, 7) is 0. The Labute approximate surface area is 107 Å². The minimum atomic E-state index is 0.102. The molecule has 0 aliphatic rings. The van der Waals surface area contributed by atoms with E-state index in [1.165, 1.54) is 13.2 Å². The van der Waals surface area contributed by atoms with Gasteiger partial charge in [-0.25, -0.2) is 0 Å². The van der Waals surface area contributed by atoms with Gasteiger partial charge in [0.15, 0.2) is 0 Å². The Morgan fingerprint density at radius 3 is 2.65 bits per heavy atom. The number of aryl methyl sites for hydroxylation is 1. The van der Waals surface area contributed by atoms with Crippen molar-refractivity contribution in [3.05, 3.63) is 22.8 Å². The van der Waals surface area contributed by atoms with E-state index in [-0.39, 0.29) is 5.75 Å². The van der Waals surface area contributed by atoms with Gasteiger partial charge in [-0.2, -0.15) is 5.10 Å². The number of aromatic nitrogens is 2. The van der Waals surface area contributed by atoms with Crippen LogP contribution < -0.4 is 10.5 Å². The summed E-state index contributed by atoms with van der Waals surface area (Å²) in [5, 5.41) is 14.0. The van der Waals surface area contributed by atoms with E-state index >= 15 is 0 Å². The van der Waals surface area contributed by atoms with Crippen molar-refractivity contribution in [3.8, 4) is 22.6 Å². The number of phenolic OH excluding ortho intramolecular Hbond substituents is 1. The van der Waals surface area contributed by atoms with E-state index in [0.717, 1.165) is 4.47 Å². The maximum absolute atomic E-state index is 9.94. The van der Waals surface area contributed by atoms with Crippen LogP contribution in [0, 0.1) is 0 Å². The molecule has 0 bridgehead atoms. The first-order valence-corrected chi connectivity index (χ1v) is 5.68. The third-order valence-electron chi connectivity index (χ3n) is 2.54. The molecule has 0 unspecified atom stereocenters. The molecule has 1 aromatic heterocycles. The van der Waals surface area contributed by atoms with Crippen LogP contribution in [0.25, 0.3) is 11.1 Å². The Morgan fingerprint density at radius 2 is 2.12 bits per heavy atom. The third kappa shape index (κ3) is 1.95. The van der Waals surface area contributed by atoms with Crippen LogP contribution in [0.1, 0.15) is 0 Å². The predicted octanol–water partition coefficient (Wildman–Crippen LogP) is 2.15. The number of nitrogen functional groups attached to an aromatic ring is 1. The number of phenols is 1. The number of hydrogen-bond donors (Lipinski definition) is 2. The first-order chi connectivity index (χ1) is 8.04. The molecule has 17 heavy (non-hydrogen) atoms. The van der Waals surface area contributed by atoms with E-state index in [4.69, 9.17) is 10.5 Å². The Bertz CT molecular complexity index is 566. The smallest absolute Gasteiger partial charge is 0.136 e. The van der Waals surface area contributed by atoms with Gasteiger partial charge in [0, 0.05) is 24.2 Å². The molecule has 0 fully saturated rings. The molecule has 2 aromatic rings. The zero-order valence-electron chi connectivity index (χ0n) is 9.44. The fourth-order valence-electron chi connectivity index (χ4n) is 1.57. The van der Waals surface area contributed by atoms with E-state index < -0.39 is 0 Å². The fourth-order valence-corrected chi connectivity index (χ4v) is 2.07. The van der Waals surface area contributed by atoms with Gasteiger partial charge in [0.1, 0.15) is 17.3 Å². The molecule has 2 rings (SSSR count). The minimum absolute atomic E-state index is 0.102. The van der Waals surface area contributed by atoms with Gasteiger partial charge in [0.05, 0.1) is 17.8 Å². The normalized spacial score (nSPS) is 10.5. The van der Waals surface area contributed by atoms with Gasteiger partial charge in [-0.05, 0) is 22.0 Å². The zero-order chi connectivity index (χ0) is 12.6. The summed E-state index contributed by atoms with van der Waals surface area (Å²) in [6.07, 6.45) is 1.61. The van der Waals surface area contributed by atoms with Crippen LogP contribution >= 0.6 is 15.9 Å². The molecule has 0 atom stereocenters. The Kier molecular flexibility index (Phi) is 2.97. The standard InChI is InChI=1S/C11H12BrN3O2/c1-15-11(13)7(5-14-15)6-3-8(12)10(17-2)4-9(6)16/h3-5,16H,13H2,1-2H3. The average molecular weight is 298 g/mol. The van der Waals surface area contributed by atoms with Gasteiger partial charge >= 0.3 is 0 Å². The van der Waals surface area contributed by atoms with Gasteiger partial charge in [-0.3, -0.25) is 4.68 Å². The first-order valence-electron chi connectivity index (χ1n) is 4.89. The summed E-state index contributed by atoms with van der Waals surface area (Å²) < 4.78 is 7.39. The van der Waals surface area contributed by atoms with Crippen molar-refractivity contribution in [1.82, 2.24) is 9.78 Å². The number of halogens is 1. The van der Waals surface area contributed by atoms with E-state index in [1.54, 1.807) is 24.0 Å². The molecule has 0 aliphatic carbocycles. The maximum Gasteiger partial charge on any atom is 0.136 e. The minimum Gasteiger partial charge on any atom is -0.507 e. The Morgan fingerprint density at radius 1 is 1.41 bits per heavy atom. The van der Waals surface area contributed by atoms with Crippen molar-refractivity contribution in [3.63, 3.8) is 0 Å². The van der Waals surface area contributed by atoms with E-state index in [9.17, 15) is 5.11 Å². The summed E-state index contributed by atoms with van der Waals surface area (Å²) in [4.78, 5) is 0. The summed E-state index contributed by atoms with van der Waals surface area (Å²) >= 11 is 3.37. The molecule has 0 radical (unpaired) electrons. The van der Waals surface area contributed by atoms with Crippen molar-refractivity contribution in [2.24, 2.45) is 7.05 Å². The molecular weight excluding hydrogens is 286 g/mol. The molecule has 0 aliphatic heterocycles. The summed E-state index contributed by atoms with van der Waals surface area (Å²) in [7, 11) is 3.28. The van der Waals surface area contributed by atoms with Gasteiger partial charge < -0.3 is 15.6 Å². The number of hydrogen-bond acceptors (Lipinski definition) is 4. The lowest BCUT2D eigenvalue weighted by atomic mass is 10.1. The van der Waals surface area contributed by atoms with Gasteiger partial charge in [-0.1, -0.05) is 0 Å². The monoisotopic (exact) mass is 297 g/mol. The molecule has 1 aromatic carbocycles. The van der Waals surface area contributed by atoms with Crippen molar-refractivity contribution >= 4 is 21.7 Å². The van der Waals surface area contributed by atoms with Crippen LogP contribution in [-0.2, 0) is 7.05 Å². The van der Waals surface area contributed by atoms with Crippen molar-refractivity contribution in [2.45, 2.75) is 0 Å². The number of aromatic hydroxyl groups is 1. The highest BCUT2D eigenvalue weighted by Gasteiger charge is 2.14. The highest BCUT2D eigenvalue weighted by molar-refractivity contribution is 9.10. The lowest BCUT2D eigenvalue weighted by Crippen LogP contribution is -1.98. The SMILES string of the molecule is COc1cc(O)c(-c2cnn(C)c2N)cc1Br. The number of nitrogens with two attached hydrogens (primary N) is 1. The third-order valence-corrected chi connectivity index (χ3v) is 3.16. The maximum atomic E-state index is 9.94. The van der Waals surface area contributed by atoms with Crippen LogP contribution in [0.15, 0.2) is 22.8 Å². The quantitative estimate of drug-likeness (QED) is 0.891. The second-order valence-electron chi connectivity index (χ2n) is 3.57. The second-order valence-corrected chi connectivity index (χ2v) is 4.43. The van der Waals surface area contributed by atoms with Crippen LogP contribution in [0.4, 0.5) is 5.82 Å². The molecule has 0 saturated carbocycles. The number of rotatable bonds is 2. The van der Waals surface area contributed by atoms with E-state index in [1.807, 2.05) is 0 Å². The largest absolute Gasteiger partial charge is 0.507 e. The summed E-state index contributed by atoms with van der Waals surface area (Å²) in [5.74, 6) is 1.16. The lowest BCUT2D eigenvalue weighted by molar-refractivity contribution is 0.405. The highest BCUT2D eigenvalue weighted by atomic mass is 79.9. The number of ether oxygens (including phenoxy) is 1. The van der Waals surface area contributed by atoms with E-state index in [2.05, 4.69) is 21.0 Å². The Balaban J connectivity index is 2.60. The van der Waals surface area contributed by atoms with Crippen LogP contribution in [0.2, 0.25) is 0 Å². The first kappa shape index (κ1) is 11.8. The van der Waals surface area contributed by atoms with Gasteiger partial charge in [0.25, 0.3) is 0 Å². The second kappa shape index (κ2) is 4.29. The molecule has 90 valence electrons. The van der Waals surface area contributed by atoms with Crippen LogP contribution in [0.5, 0.6) is 11.5 Å². The molecule has 5 nitrogen and oxygen atoms in total. The van der Waals surface area contributed by atoms with Crippen LogP contribution in [-0.4, -0.2) is 22.0 Å². The van der Waals surface area contributed by atoms with Crippen molar-refractivity contribution in [2.75, 3.05) is 12.8 Å². The molecule has 3 N–H and O–H groups in total. The highest BCUT2D eigenvalue weighted by Crippen LogP contribution is 2.39. The number of nitrogens with zero attached hydrogens (tertiary/aromatic N) is 2. The Hall–Kier alpha value is -1.69. The zero-order valence-corrected chi connectivity index (χ0v) is 11.0. The molecule has 0 spiro atoms. The fraction of sp³-hybridized carbons (Fsp3) is 0.182. The average Bonchev–Trinajstić information content (AvgIpc) is 2.63. The summed E-state index contributed by atoms with van der Waals surface area (Å²) in [5.41, 5.74) is 7.17. The van der Waals surface area contributed by atoms with Crippen molar-refractivity contribution < 1.29 is 9.84 Å². The molecule has 0 saturated heterocycles. The predicted molar refractivity (Wildman–Crippen MR) is 69.0 cm³/mol. The van der Waals surface area contributed by atoms with Gasteiger partial charge in [0.2, 0.25) is 0 Å². The van der Waals surface area contributed by atoms with E-state index in [0.29, 0.717) is 22.7 Å².